The molecule has 2 aromatic carbocycles. The van der Waals surface area contributed by atoms with Gasteiger partial charge in [-0.3, -0.25) is 0 Å². The molecule has 0 aromatic heterocycles. The van der Waals surface area contributed by atoms with E-state index >= 15 is 0 Å². The van der Waals surface area contributed by atoms with E-state index in [1.165, 1.54) is 0 Å². The predicted molar refractivity (Wildman–Crippen MR) is 66.4 cm³/mol. The zero-order valence-corrected chi connectivity index (χ0v) is 9.35. The minimum absolute atomic E-state index is 0.612. The van der Waals surface area contributed by atoms with Crippen LogP contribution in [0.25, 0.3) is 0 Å². The Morgan fingerprint density at radius 3 is 2.25 bits per heavy atom. The summed E-state index contributed by atoms with van der Waals surface area (Å²) in [5.74, 6) is 0. The molecule has 16 heavy (non-hydrogen) atoms. The van der Waals surface area contributed by atoms with Crippen molar-refractivity contribution in [2.75, 3.05) is 5.73 Å². The Morgan fingerprint density at radius 2 is 1.62 bits per heavy atom. The lowest BCUT2D eigenvalue weighted by molar-refractivity contribution is 0.220. The van der Waals surface area contributed by atoms with Crippen molar-refractivity contribution in [2.45, 2.75) is 6.10 Å². The smallest absolute Gasteiger partial charge is 0.104 e. The molecule has 0 aliphatic rings. The second-order valence-electron chi connectivity index (χ2n) is 3.63. The van der Waals surface area contributed by atoms with Gasteiger partial charge in [-0.05, 0) is 35.4 Å². The first kappa shape index (κ1) is 11.0. The average molecular weight is 234 g/mol. The van der Waals surface area contributed by atoms with Gasteiger partial charge in [-0.2, -0.15) is 0 Å². The fraction of sp³-hybridized carbons (Fsp3) is 0.0769. The molecule has 0 bridgehead atoms. The summed E-state index contributed by atoms with van der Waals surface area (Å²) in [6, 6.07) is 14.4. The van der Waals surface area contributed by atoms with Gasteiger partial charge in [0.15, 0.2) is 0 Å². The summed E-state index contributed by atoms with van der Waals surface area (Å²) < 4.78 is 0. The normalized spacial score (nSPS) is 12.4. The van der Waals surface area contributed by atoms with Gasteiger partial charge < -0.3 is 10.8 Å². The quantitative estimate of drug-likeness (QED) is 0.784. The molecule has 0 saturated carbocycles. The van der Waals surface area contributed by atoms with Crippen molar-refractivity contribution in [3.8, 4) is 0 Å². The number of nitrogen functional groups attached to an aromatic ring is 1. The third-order valence-electron chi connectivity index (χ3n) is 2.39. The third-order valence-corrected chi connectivity index (χ3v) is 2.63. The zero-order chi connectivity index (χ0) is 11.5. The molecule has 82 valence electrons. The van der Waals surface area contributed by atoms with E-state index in [-0.39, 0.29) is 0 Å². The van der Waals surface area contributed by atoms with Gasteiger partial charge in [-0.1, -0.05) is 35.9 Å². The first-order chi connectivity index (χ1) is 7.66. The molecule has 3 N–H and O–H groups in total. The molecule has 1 atom stereocenters. The first-order valence-corrected chi connectivity index (χ1v) is 5.33. The van der Waals surface area contributed by atoms with E-state index in [0.717, 1.165) is 11.1 Å². The molecule has 2 aromatic rings. The van der Waals surface area contributed by atoms with E-state index in [9.17, 15) is 5.11 Å². The summed E-state index contributed by atoms with van der Waals surface area (Å²) >= 11 is 5.87. The van der Waals surface area contributed by atoms with E-state index in [0.29, 0.717) is 10.7 Å². The number of benzene rings is 2. The molecule has 0 spiro atoms. The van der Waals surface area contributed by atoms with Crippen LogP contribution in [0, 0.1) is 0 Å². The molecule has 0 heterocycles. The minimum Gasteiger partial charge on any atom is -0.399 e. The lowest BCUT2D eigenvalue weighted by Gasteiger charge is -2.12. The van der Waals surface area contributed by atoms with Gasteiger partial charge in [-0.25, -0.2) is 0 Å². The second-order valence-corrected chi connectivity index (χ2v) is 4.06. The molecule has 0 aliphatic carbocycles. The maximum Gasteiger partial charge on any atom is 0.104 e. The van der Waals surface area contributed by atoms with Crippen molar-refractivity contribution < 1.29 is 5.11 Å². The van der Waals surface area contributed by atoms with Crippen LogP contribution in [0.1, 0.15) is 17.2 Å². The summed E-state index contributed by atoms with van der Waals surface area (Å²) in [6.45, 7) is 0. The van der Waals surface area contributed by atoms with Crippen molar-refractivity contribution in [2.24, 2.45) is 0 Å². The highest BCUT2D eigenvalue weighted by molar-refractivity contribution is 6.30. The summed E-state index contributed by atoms with van der Waals surface area (Å²) in [6.07, 6.45) is -0.692. The molecule has 2 rings (SSSR count). The van der Waals surface area contributed by atoms with Crippen LogP contribution in [-0.4, -0.2) is 5.11 Å². The summed E-state index contributed by atoms with van der Waals surface area (Å²) in [5.41, 5.74) is 7.83. The summed E-state index contributed by atoms with van der Waals surface area (Å²) in [4.78, 5) is 0. The molecule has 0 amide bonds. The SMILES string of the molecule is Nc1cccc(C(O)c2cccc(Cl)c2)c1. The van der Waals surface area contributed by atoms with E-state index in [4.69, 9.17) is 17.3 Å². The van der Waals surface area contributed by atoms with Crippen molar-refractivity contribution in [1.29, 1.82) is 0 Å². The molecular formula is C13H12ClNO. The van der Waals surface area contributed by atoms with Crippen LogP contribution in [0.15, 0.2) is 48.5 Å². The monoisotopic (exact) mass is 233 g/mol. The number of halogens is 1. The molecular weight excluding hydrogens is 222 g/mol. The molecule has 0 aliphatic heterocycles. The Kier molecular flexibility index (Phi) is 3.13. The fourth-order valence-electron chi connectivity index (χ4n) is 1.60. The van der Waals surface area contributed by atoms with Gasteiger partial charge in [0, 0.05) is 10.7 Å². The standard InChI is InChI=1S/C13H12ClNO/c14-11-5-1-3-9(7-11)13(16)10-4-2-6-12(15)8-10/h1-8,13,16H,15H2. The van der Waals surface area contributed by atoms with Crippen LogP contribution < -0.4 is 5.73 Å². The molecule has 3 heteroatoms. The van der Waals surface area contributed by atoms with Crippen molar-refractivity contribution in [3.63, 3.8) is 0 Å². The number of hydrogen-bond acceptors (Lipinski definition) is 2. The second kappa shape index (κ2) is 4.56. The van der Waals surface area contributed by atoms with E-state index in [2.05, 4.69) is 0 Å². The average Bonchev–Trinajstić information content (AvgIpc) is 2.28. The first-order valence-electron chi connectivity index (χ1n) is 4.96. The fourth-order valence-corrected chi connectivity index (χ4v) is 1.80. The lowest BCUT2D eigenvalue weighted by Crippen LogP contribution is -2.00. The number of nitrogens with two attached hydrogens (primary N) is 1. The van der Waals surface area contributed by atoms with Gasteiger partial charge >= 0.3 is 0 Å². The van der Waals surface area contributed by atoms with Crippen molar-refractivity contribution >= 4 is 17.3 Å². The number of aliphatic hydroxyl groups is 1. The van der Waals surface area contributed by atoms with Crippen molar-refractivity contribution in [1.82, 2.24) is 0 Å². The third kappa shape index (κ3) is 2.35. The molecule has 0 radical (unpaired) electrons. The highest BCUT2D eigenvalue weighted by Crippen LogP contribution is 2.25. The maximum atomic E-state index is 10.1. The van der Waals surface area contributed by atoms with Gasteiger partial charge in [0.2, 0.25) is 0 Å². The highest BCUT2D eigenvalue weighted by atomic mass is 35.5. The molecule has 0 fully saturated rings. The van der Waals surface area contributed by atoms with Crippen LogP contribution >= 0.6 is 11.6 Å². The van der Waals surface area contributed by atoms with Crippen molar-refractivity contribution in [3.05, 3.63) is 64.7 Å². The van der Waals surface area contributed by atoms with Crippen LogP contribution in [0.5, 0.6) is 0 Å². The van der Waals surface area contributed by atoms with E-state index < -0.39 is 6.10 Å². The highest BCUT2D eigenvalue weighted by Gasteiger charge is 2.10. The topological polar surface area (TPSA) is 46.2 Å². The van der Waals surface area contributed by atoms with Gasteiger partial charge in [-0.15, -0.1) is 0 Å². The molecule has 0 saturated heterocycles. The van der Waals surface area contributed by atoms with Crippen LogP contribution in [0.4, 0.5) is 5.69 Å². The molecule has 1 unspecified atom stereocenters. The van der Waals surface area contributed by atoms with E-state index in [1.807, 2.05) is 24.3 Å². The number of rotatable bonds is 2. The Balaban J connectivity index is 2.35. The summed E-state index contributed by atoms with van der Waals surface area (Å²) in [7, 11) is 0. The number of aliphatic hydroxyl groups excluding tert-OH is 1. The minimum atomic E-state index is -0.692. The Hall–Kier alpha value is -1.51. The Bertz CT molecular complexity index is 453. The number of hydrogen-bond donors (Lipinski definition) is 2. The maximum absolute atomic E-state index is 10.1. The van der Waals surface area contributed by atoms with Gasteiger partial charge in [0.1, 0.15) is 6.10 Å². The molecule has 2 nitrogen and oxygen atoms in total. The van der Waals surface area contributed by atoms with Crippen LogP contribution in [-0.2, 0) is 0 Å². The van der Waals surface area contributed by atoms with E-state index in [1.54, 1.807) is 24.3 Å². The Labute approximate surface area is 99.3 Å². The predicted octanol–water partition coefficient (Wildman–Crippen LogP) is 3.00. The zero-order valence-electron chi connectivity index (χ0n) is 8.60. The number of anilines is 1. The van der Waals surface area contributed by atoms with Crippen LogP contribution in [0.3, 0.4) is 0 Å². The summed E-state index contributed by atoms with van der Waals surface area (Å²) in [5, 5.41) is 10.7. The van der Waals surface area contributed by atoms with Gasteiger partial charge in [0.25, 0.3) is 0 Å². The Morgan fingerprint density at radius 1 is 1.00 bits per heavy atom. The van der Waals surface area contributed by atoms with Crippen LogP contribution in [0.2, 0.25) is 5.02 Å². The lowest BCUT2D eigenvalue weighted by atomic mass is 10.0. The largest absolute Gasteiger partial charge is 0.399 e. The van der Waals surface area contributed by atoms with Gasteiger partial charge in [0.05, 0.1) is 0 Å².